The van der Waals surface area contributed by atoms with Gasteiger partial charge in [0.05, 0.1) is 12.8 Å². The van der Waals surface area contributed by atoms with Crippen LogP contribution in [-0.2, 0) is 4.79 Å². The normalized spacial score (nSPS) is 11.0. The van der Waals surface area contributed by atoms with Crippen molar-refractivity contribution in [2.45, 2.75) is 13.8 Å². The monoisotopic (exact) mass is 513 g/mol. The Bertz CT molecular complexity index is 1580. The molecule has 0 aliphatic rings. The summed E-state index contributed by atoms with van der Waals surface area (Å²) in [6.07, 6.45) is 0.515. The van der Waals surface area contributed by atoms with Gasteiger partial charge in [0.2, 0.25) is 6.41 Å². The molecule has 3 aromatic carbocycles. The molecule has 1 amide bonds. The molecule has 5 nitrogen and oxygen atoms in total. The van der Waals surface area contributed by atoms with Crippen LogP contribution in [0, 0.1) is 13.8 Å². The van der Waals surface area contributed by atoms with E-state index in [0.717, 1.165) is 44.0 Å². The summed E-state index contributed by atoms with van der Waals surface area (Å²) < 4.78 is 6.96. The van der Waals surface area contributed by atoms with Crippen LogP contribution in [-0.4, -0.2) is 24.6 Å². The lowest BCUT2D eigenvalue weighted by Crippen LogP contribution is -2.03. The first-order valence-corrected chi connectivity index (χ1v) is 12.9. The average Bonchev–Trinajstić information content (AvgIpc) is 3.46. The fourth-order valence-corrected chi connectivity index (χ4v) is 6.75. The van der Waals surface area contributed by atoms with Gasteiger partial charge in [0.15, 0.2) is 0 Å². The predicted molar refractivity (Wildman–Crippen MR) is 149 cm³/mol. The van der Waals surface area contributed by atoms with Crippen molar-refractivity contribution in [1.29, 1.82) is 0 Å². The Morgan fingerprint density at radius 2 is 1.69 bits per heavy atom. The topological polar surface area (TPSA) is 75.6 Å². The maximum atomic E-state index is 12.2. The van der Waals surface area contributed by atoms with Crippen molar-refractivity contribution < 1.29 is 19.4 Å². The summed E-state index contributed by atoms with van der Waals surface area (Å²) >= 11 is 2.88. The number of nitrogens with one attached hydrogen (secondary N) is 1. The number of carbonyl (C=O) groups is 2. The lowest BCUT2D eigenvalue weighted by atomic mass is 9.95. The van der Waals surface area contributed by atoms with E-state index in [0.29, 0.717) is 17.7 Å². The van der Waals surface area contributed by atoms with Crippen molar-refractivity contribution >= 4 is 50.8 Å². The number of methoxy groups -OCH3 is 1. The minimum absolute atomic E-state index is 0.0712. The zero-order valence-corrected chi connectivity index (χ0v) is 21.5. The molecular weight excluding hydrogens is 490 g/mol. The van der Waals surface area contributed by atoms with Gasteiger partial charge in [-0.05, 0) is 59.7 Å². The molecule has 0 aliphatic heterocycles. The van der Waals surface area contributed by atoms with Gasteiger partial charge in [0, 0.05) is 25.6 Å². The number of fused-ring (bicyclic) bond motifs is 1. The second kappa shape index (κ2) is 9.60. The van der Waals surface area contributed by atoms with Crippen LogP contribution < -0.4 is 10.1 Å². The quantitative estimate of drug-likeness (QED) is 0.217. The van der Waals surface area contributed by atoms with Gasteiger partial charge in [0.1, 0.15) is 10.6 Å². The zero-order valence-electron chi connectivity index (χ0n) is 19.9. The van der Waals surface area contributed by atoms with E-state index in [1.54, 1.807) is 18.4 Å². The van der Waals surface area contributed by atoms with Crippen molar-refractivity contribution in [3.8, 4) is 37.8 Å². The summed E-state index contributed by atoms with van der Waals surface area (Å²) in [6.45, 7) is 3.93. The van der Waals surface area contributed by atoms with Crippen molar-refractivity contribution in [2.24, 2.45) is 0 Å². The Balaban J connectivity index is 1.70. The van der Waals surface area contributed by atoms with Gasteiger partial charge < -0.3 is 15.2 Å². The summed E-state index contributed by atoms with van der Waals surface area (Å²) in [6, 6.07) is 22.6. The van der Waals surface area contributed by atoms with Crippen LogP contribution in [0.25, 0.3) is 42.1 Å². The average molecular weight is 514 g/mol. The third kappa shape index (κ3) is 4.17. The minimum atomic E-state index is -1.10. The van der Waals surface area contributed by atoms with Gasteiger partial charge >= 0.3 is 5.97 Å². The molecule has 5 rings (SSSR count). The van der Waals surface area contributed by atoms with Gasteiger partial charge in [-0.3, -0.25) is 4.79 Å². The molecule has 5 aromatic rings. The molecule has 2 aromatic heterocycles. The largest absolute Gasteiger partial charge is 0.496 e. The number of thiophene rings is 2. The Labute approximate surface area is 216 Å². The number of ether oxygens (including phenoxy) is 1. The molecule has 0 saturated carbocycles. The summed E-state index contributed by atoms with van der Waals surface area (Å²) in [5.74, 6) is -0.450. The third-order valence-electron chi connectivity index (χ3n) is 6.06. The minimum Gasteiger partial charge on any atom is -0.496 e. The van der Waals surface area contributed by atoms with Crippen LogP contribution in [0.3, 0.4) is 0 Å². The predicted octanol–water partition coefficient (Wildman–Crippen LogP) is 7.86. The molecule has 0 radical (unpaired) electrons. The lowest BCUT2D eigenvalue weighted by molar-refractivity contribution is -0.105. The highest BCUT2D eigenvalue weighted by molar-refractivity contribution is 7.22. The Morgan fingerprint density at radius 1 is 0.972 bits per heavy atom. The number of aromatic carboxylic acids is 1. The number of anilines is 1. The van der Waals surface area contributed by atoms with E-state index in [2.05, 4.69) is 35.6 Å². The van der Waals surface area contributed by atoms with E-state index >= 15 is 0 Å². The highest BCUT2D eigenvalue weighted by Crippen LogP contribution is 2.50. The van der Waals surface area contributed by atoms with E-state index in [9.17, 15) is 14.7 Å². The standard InChI is InChI=1S/C29H23NO4S2/c1-16-12-17(2)26(34-3)21(13-16)24-25(30-15-31)28(29(32)33)36-27(24)19-10-8-18(9-11-19)23-14-20-6-4-5-7-22(20)35-23/h4-15H,1-3H3,(H,30,31)(H,32,33). The molecule has 7 heteroatoms. The number of amides is 1. The highest BCUT2D eigenvalue weighted by Gasteiger charge is 2.27. The number of hydrogen-bond donors (Lipinski definition) is 2. The van der Waals surface area contributed by atoms with E-state index in [1.807, 2.05) is 50.2 Å². The molecule has 0 bridgehead atoms. The van der Waals surface area contributed by atoms with Crippen LogP contribution in [0.15, 0.2) is 66.7 Å². The van der Waals surface area contributed by atoms with Crippen molar-refractivity contribution in [3.05, 3.63) is 82.7 Å². The molecule has 0 saturated heterocycles. The number of aryl methyl sites for hydroxylation is 2. The number of hydrogen-bond acceptors (Lipinski definition) is 5. The van der Waals surface area contributed by atoms with Crippen LogP contribution in [0.5, 0.6) is 5.75 Å². The van der Waals surface area contributed by atoms with Crippen molar-refractivity contribution in [2.75, 3.05) is 12.4 Å². The number of carboxylic acids is 1. The first kappa shape index (κ1) is 23.8. The molecule has 36 heavy (non-hydrogen) atoms. The first-order valence-electron chi connectivity index (χ1n) is 11.3. The Hall–Kier alpha value is -3.94. The number of rotatable bonds is 7. The molecule has 0 unspecified atom stereocenters. The van der Waals surface area contributed by atoms with Gasteiger partial charge in [-0.15, -0.1) is 22.7 Å². The Kier molecular flexibility index (Phi) is 6.35. The van der Waals surface area contributed by atoms with E-state index in [1.165, 1.54) is 15.0 Å². The van der Waals surface area contributed by atoms with Crippen LogP contribution in [0.1, 0.15) is 20.8 Å². The SMILES string of the molecule is COc1c(C)cc(C)cc1-c1c(-c2ccc(-c3cc4ccccc4s3)cc2)sc(C(=O)O)c1NC=O. The number of carbonyl (C=O) groups excluding carboxylic acids is 1. The smallest absolute Gasteiger partial charge is 0.348 e. The van der Waals surface area contributed by atoms with Gasteiger partial charge in [0.25, 0.3) is 0 Å². The molecule has 0 atom stereocenters. The highest BCUT2D eigenvalue weighted by atomic mass is 32.1. The Morgan fingerprint density at radius 3 is 2.36 bits per heavy atom. The van der Waals surface area contributed by atoms with Gasteiger partial charge in [-0.25, -0.2) is 4.79 Å². The van der Waals surface area contributed by atoms with Crippen LogP contribution >= 0.6 is 22.7 Å². The maximum absolute atomic E-state index is 12.2. The van der Waals surface area contributed by atoms with E-state index in [-0.39, 0.29) is 10.6 Å². The first-order chi connectivity index (χ1) is 17.4. The molecule has 2 heterocycles. The zero-order chi connectivity index (χ0) is 25.4. The third-order valence-corrected chi connectivity index (χ3v) is 8.45. The molecule has 0 spiro atoms. The van der Waals surface area contributed by atoms with E-state index in [4.69, 9.17) is 4.74 Å². The van der Waals surface area contributed by atoms with Crippen molar-refractivity contribution in [3.63, 3.8) is 0 Å². The summed E-state index contributed by atoms with van der Waals surface area (Å²) in [7, 11) is 1.60. The lowest BCUT2D eigenvalue weighted by Gasteiger charge is -2.15. The summed E-state index contributed by atoms with van der Waals surface area (Å²) in [5.41, 5.74) is 5.55. The van der Waals surface area contributed by atoms with Crippen molar-refractivity contribution in [1.82, 2.24) is 0 Å². The molecule has 180 valence electrons. The van der Waals surface area contributed by atoms with Crippen LogP contribution in [0.2, 0.25) is 0 Å². The van der Waals surface area contributed by atoms with E-state index < -0.39 is 5.97 Å². The molecule has 2 N–H and O–H groups in total. The summed E-state index contributed by atoms with van der Waals surface area (Å²) in [4.78, 5) is 25.7. The number of carboxylic acid groups (broad SMARTS) is 1. The molecule has 0 fully saturated rings. The maximum Gasteiger partial charge on any atom is 0.348 e. The fourth-order valence-electron chi connectivity index (χ4n) is 4.56. The molecule has 0 aliphatic carbocycles. The summed E-state index contributed by atoms with van der Waals surface area (Å²) in [5, 5.41) is 13.8. The molecular formula is C29H23NO4S2. The second-order valence-corrected chi connectivity index (χ2v) is 10.6. The second-order valence-electron chi connectivity index (χ2n) is 8.47. The fraction of sp³-hybridized carbons (Fsp3) is 0.103. The van der Waals surface area contributed by atoms with Gasteiger partial charge in [-0.2, -0.15) is 0 Å². The number of benzene rings is 3. The van der Waals surface area contributed by atoms with Crippen LogP contribution in [0.4, 0.5) is 5.69 Å². The van der Waals surface area contributed by atoms with Gasteiger partial charge in [-0.1, -0.05) is 48.5 Å².